The highest BCUT2D eigenvalue weighted by Gasteiger charge is 2.43. The van der Waals surface area contributed by atoms with Crippen molar-refractivity contribution >= 4 is 23.5 Å². The van der Waals surface area contributed by atoms with Crippen molar-refractivity contribution in [3.8, 4) is 0 Å². The Hall–Kier alpha value is -3.63. The summed E-state index contributed by atoms with van der Waals surface area (Å²) in [6.07, 6.45) is -9.42. The molecule has 10 nitrogen and oxygen atoms in total. The summed E-state index contributed by atoms with van der Waals surface area (Å²) in [6, 6.07) is 1.42. The Labute approximate surface area is 215 Å². The first-order chi connectivity index (χ1) is 18.2. The Kier molecular flexibility index (Phi) is 6.59. The molecule has 2 aliphatic rings. The number of hydrogen-bond donors (Lipinski definition) is 3. The molecule has 0 bridgehead atoms. The number of aromatic amines is 1. The van der Waals surface area contributed by atoms with Gasteiger partial charge in [0.1, 0.15) is 17.8 Å². The average molecular weight is 565 g/mol. The number of amides is 1. The first kappa shape index (κ1) is 27.0. The maximum Gasteiger partial charge on any atom is 0.522 e. The summed E-state index contributed by atoms with van der Waals surface area (Å²) in [6.45, 7) is 0.743. The van der Waals surface area contributed by atoms with Crippen LogP contribution in [0.4, 0.5) is 47.3 Å². The zero-order valence-electron chi connectivity index (χ0n) is 20.2. The summed E-state index contributed by atoms with van der Waals surface area (Å²) in [5, 5.41) is 12.0. The Morgan fingerprint density at radius 1 is 1.23 bits per heavy atom. The molecule has 3 heterocycles. The number of alkyl carbamates (subject to hydrolysis) is 1. The van der Waals surface area contributed by atoms with Crippen molar-refractivity contribution in [1.82, 2.24) is 29.9 Å². The lowest BCUT2D eigenvalue weighted by Crippen LogP contribution is -2.38. The number of anilines is 2. The fourth-order valence-electron chi connectivity index (χ4n) is 4.35. The van der Waals surface area contributed by atoms with Crippen LogP contribution in [0.5, 0.6) is 0 Å². The molecular weight excluding hydrogens is 543 g/mol. The van der Waals surface area contributed by atoms with Crippen LogP contribution in [0.1, 0.15) is 55.5 Å². The van der Waals surface area contributed by atoms with Crippen molar-refractivity contribution in [3.05, 3.63) is 35.4 Å². The molecule has 0 unspecified atom stereocenters. The predicted molar refractivity (Wildman–Crippen MR) is 119 cm³/mol. The molecule has 1 amide bonds. The SMILES string of the molecule is CC1(NC(=O)O[C@H]2CC[C@@H](c3cc(Nc4ncc(C(F)(F)F)c5nc(COC(F)(F)F)cn45)n[nH]3)[C@H]2F)CC1. The molecule has 39 heavy (non-hydrogen) atoms. The summed E-state index contributed by atoms with van der Waals surface area (Å²) < 4.78 is 102. The third kappa shape index (κ3) is 6.02. The molecule has 3 aromatic rings. The molecular formula is C22H22F7N7O3. The minimum atomic E-state index is -5.01. The highest BCUT2D eigenvalue weighted by molar-refractivity contribution is 5.69. The number of aromatic nitrogens is 5. The Balaban J connectivity index is 1.31. The summed E-state index contributed by atoms with van der Waals surface area (Å²) in [5.41, 5.74) is -2.36. The van der Waals surface area contributed by atoms with E-state index in [1.54, 1.807) is 0 Å². The number of halogens is 7. The number of rotatable bonds is 7. The maximum atomic E-state index is 15.1. The van der Waals surface area contributed by atoms with Gasteiger partial charge in [-0.25, -0.2) is 19.2 Å². The molecule has 5 rings (SSSR count). The topological polar surface area (TPSA) is 118 Å². The maximum absolute atomic E-state index is 15.1. The quantitative estimate of drug-likeness (QED) is 0.341. The van der Waals surface area contributed by atoms with Crippen molar-refractivity contribution < 1.29 is 45.0 Å². The summed E-state index contributed by atoms with van der Waals surface area (Å²) in [5.74, 6) is -0.880. The van der Waals surface area contributed by atoms with Crippen LogP contribution >= 0.6 is 0 Å². The number of nitrogens with zero attached hydrogens (tertiary/aromatic N) is 4. The van der Waals surface area contributed by atoms with Crippen LogP contribution in [0.2, 0.25) is 0 Å². The summed E-state index contributed by atoms with van der Waals surface area (Å²) in [7, 11) is 0. The van der Waals surface area contributed by atoms with Gasteiger partial charge in [-0.05, 0) is 32.6 Å². The van der Waals surface area contributed by atoms with Gasteiger partial charge < -0.3 is 15.4 Å². The number of carbonyl (C=O) groups excluding carboxylic acids is 1. The van der Waals surface area contributed by atoms with E-state index in [2.05, 4.69) is 35.5 Å². The van der Waals surface area contributed by atoms with Gasteiger partial charge in [0.05, 0.1) is 12.3 Å². The Morgan fingerprint density at radius 3 is 2.64 bits per heavy atom. The van der Waals surface area contributed by atoms with E-state index in [1.807, 2.05) is 6.92 Å². The van der Waals surface area contributed by atoms with Crippen LogP contribution in [-0.2, 0) is 22.3 Å². The zero-order valence-corrected chi connectivity index (χ0v) is 20.2. The minimum Gasteiger partial charge on any atom is -0.443 e. The molecule has 3 aromatic heterocycles. The molecule has 3 N–H and O–H groups in total. The van der Waals surface area contributed by atoms with E-state index in [-0.39, 0.29) is 23.7 Å². The second-order valence-electron chi connectivity index (χ2n) is 9.74. The molecule has 0 radical (unpaired) electrons. The van der Waals surface area contributed by atoms with Crippen LogP contribution in [0.3, 0.4) is 0 Å². The third-order valence-electron chi connectivity index (χ3n) is 6.63. The van der Waals surface area contributed by atoms with E-state index in [4.69, 9.17) is 4.74 Å². The molecule has 0 aliphatic heterocycles. The van der Waals surface area contributed by atoms with Crippen molar-refractivity contribution in [2.45, 2.75) is 75.5 Å². The van der Waals surface area contributed by atoms with Gasteiger partial charge in [0.15, 0.2) is 11.5 Å². The van der Waals surface area contributed by atoms with Crippen LogP contribution < -0.4 is 10.6 Å². The number of imidazole rings is 1. The van der Waals surface area contributed by atoms with Crippen LogP contribution in [-0.4, -0.2) is 54.8 Å². The molecule has 3 atom stereocenters. The van der Waals surface area contributed by atoms with Gasteiger partial charge in [-0.2, -0.15) is 18.3 Å². The van der Waals surface area contributed by atoms with E-state index < -0.39 is 60.3 Å². The largest absolute Gasteiger partial charge is 0.522 e. The van der Waals surface area contributed by atoms with Crippen molar-refractivity contribution in [1.29, 1.82) is 0 Å². The molecule has 2 fully saturated rings. The standard InChI is InChI=1S/C22H22F7N7O3/c1-20(4-5-20)33-19(37)39-14-3-2-11(16(14)23)13-6-15(35-34-13)32-18-30-7-12(21(24,25)26)17-31-10(8-36(17)18)9-38-22(27,28)29/h6-8,11,14,16H,2-5,9H2,1H3,(H,33,37)(H2,30,32,34,35)/t11-,14-,16+/m0/s1. The first-order valence-electron chi connectivity index (χ1n) is 11.8. The summed E-state index contributed by atoms with van der Waals surface area (Å²) >= 11 is 0. The fourth-order valence-corrected chi connectivity index (χ4v) is 4.35. The van der Waals surface area contributed by atoms with E-state index in [0.29, 0.717) is 18.3 Å². The molecule has 0 aromatic carbocycles. The van der Waals surface area contributed by atoms with Crippen LogP contribution in [0.15, 0.2) is 18.5 Å². The van der Waals surface area contributed by atoms with Gasteiger partial charge in [-0.3, -0.25) is 14.2 Å². The predicted octanol–water partition coefficient (Wildman–Crippen LogP) is 5.11. The third-order valence-corrected chi connectivity index (χ3v) is 6.63. The minimum absolute atomic E-state index is 0.0521. The van der Waals surface area contributed by atoms with E-state index >= 15 is 4.39 Å². The number of fused-ring (bicyclic) bond motifs is 1. The van der Waals surface area contributed by atoms with Crippen LogP contribution in [0.25, 0.3) is 5.65 Å². The second kappa shape index (κ2) is 9.53. The molecule has 2 saturated carbocycles. The van der Waals surface area contributed by atoms with E-state index in [1.165, 1.54) is 6.07 Å². The number of ether oxygens (including phenoxy) is 2. The second-order valence-corrected chi connectivity index (χ2v) is 9.74. The van der Waals surface area contributed by atoms with Crippen molar-refractivity contribution in [2.24, 2.45) is 0 Å². The lowest BCUT2D eigenvalue weighted by Gasteiger charge is -2.19. The molecule has 0 spiro atoms. The zero-order chi connectivity index (χ0) is 28.2. The van der Waals surface area contributed by atoms with E-state index in [9.17, 15) is 31.1 Å². The molecule has 212 valence electrons. The number of hydrogen-bond acceptors (Lipinski definition) is 7. The lowest BCUT2D eigenvalue weighted by atomic mass is 10.0. The molecule has 2 aliphatic carbocycles. The van der Waals surface area contributed by atoms with Gasteiger partial charge in [0.25, 0.3) is 0 Å². The smallest absolute Gasteiger partial charge is 0.443 e. The van der Waals surface area contributed by atoms with Crippen molar-refractivity contribution in [3.63, 3.8) is 0 Å². The number of carbonyl (C=O) groups is 1. The fraction of sp³-hybridized carbons (Fsp3) is 0.545. The highest BCUT2D eigenvalue weighted by atomic mass is 19.4. The van der Waals surface area contributed by atoms with E-state index in [0.717, 1.165) is 23.4 Å². The Morgan fingerprint density at radius 2 is 1.97 bits per heavy atom. The van der Waals surface area contributed by atoms with Gasteiger partial charge in [0, 0.05) is 35.6 Å². The van der Waals surface area contributed by atoms with Gasteiger partial charge in [-0.1, -0.05) is 0 Å². The first-order valence-corrected chi connectivity index (χ1v) is 11.8. The lowest BCUT2D eigenvalue weighted by molar-refractivity contribution is -0.330. The molecule has 0 saturated heterocycles. The summed E-state index contributed by atoms with van der Waals surface area (Å²) in [4.78, 5) is 19.4. The van der Waals surface area contributed by atoms with Crippen molar-refractivity contribution in [2.75, 3.05) is 5.32 Å². The van der Waals surface area contributed by atoms with Crippen LogP contribution in [0, 0.1) is 0 Å². The van der Waals surface area contributed by atoms with Gasteiger partial charge in [-0.15, -0.1) is 13.2 Å². The average Bonchev–Trinajstić information content (AvgIpc) is 3.19. The monoisotopic (exact) mass is 565 g/mol. The number of nitrogens with one attached hydrogen (secondary N) is 3. The number of alkyl halides is 7. The van der Waals surface area contributed by atoms with Gasteiger partial charge >= 0.3 is 18.6 Å². The number of H-pyrrole nitrogens is 1. The molecule has 17 heteroatoms. The van der Waals surface area contributed by atoms with Gasteiger partial charge in [0.2, 0.25) is 5.95 Å². The highest BCUT2D eigenvalue weighted by Crippen LogP contribution is 2.40. The normalized spacial score (nSPS) is 22.7. The Bertz CT molecular complexity index is 1370.